The van der Waals surface area contributed by atoms with Crippen molar-refractivity contribution in [2.45, 2.75) is 6.42 Å². The number of methoxy groups -OCH3 is 1. The van der Waals surface area contributed by atoms with Crippen molar-refractivity contribution in [2.75, 3.05) is 26.5 Å². The van der Waals surface area contributed by atoms with Gasteiger partial charge in [-0.3, -0.25) is 19.7 Å². The van der Waals surface area contributed by atoms with Gasteiger partial charge in [0.25, 0.3) is 11.6 Å². The van der Waals surface area contributed by atoms with E-state index in [1.54, 1.807) is 38.4 Å². The average molecular weight is 357 g/mol. The lowest BCUT2D eigenvalue weighted by Gasteiger charge is -2.14. The summed E-state index contributed by atoms with van der Waals surface area (Å²) >= 11 is 0. The lowest BCUT2D eigenvalue weighted by molar-refractivity contribution is -0.385. The van der Waals surface area contributed by atoms with Gasteiger partial charge in [0, 0.05) is 31.3 Å². The molecule has 0 atom stereocenters. The average Bonchev–Trinajstić information content (AvgIpc) is 2.61. The minimum atomic E-state index is -0.528. The van der Waals surface area contributed by atoms with E-state index in [1.807, 2.05) is 0 Å². The molecule has 0 spiro atoms. The van der Waals surface area contributed by atoms with Gasteiger partial charge in [0.15, 0.2) is 0 Å². The Morgan fingerprint density at radius 1 is 1.19 bits per heavy atom. The third-order valence-corrected chi connectivity index (χ3v) is 3.67. The van der Waals surface area contributed by atoms with Gasteiger partial charge in [-0.25, -0.2) is 0 Å². The molecule has 0 saturated heterocycles. The zero-order chi connectivity index (χ0) is 19.3. The molecule has 8 nitrogen and oxygen atoms in total. The predicted octanol–water partition coefficient (Wildman–Crippen LogP) is 2.49. The van der Waals surface area contributed by atoms with Crippen LogP contribution >= 0.6 is 0 Å². The lowest BCUT2D eigenvalue weighted by Crippen LogP contribution is -2.22. The standard InChI is InChI=1S/C18H19N3O5/c1-20(2)18(23)13-8-9-16(26-3)14(10-13)19-17(22)11-12-6-4-5-7-15(12)21(24)25/h4-10H,11H2,1-3H3,(H,19,22). The number of nitrogens with one attached hydrogen (secondary N) is 1. The van der Waals surface area contributed by atoms with Crippen molar-refractivity contribution in [3.05, 3.63) is 63.7 Å². The van der Waals surface area contributed by atoms with Crippen molar-refractivity contribution >= 4 is 23.2 Å². The first kappa shape index (κ1) is 18.9. The molecule has 26 heavy (non-hydrogen) atoms. The van der Waals surface area contributed by atoms with Gasteiger partial charge in [0.2, 0.25) is 5.91 Å². The number of para-hydroxylation sites is 1. The topological polar surface area (TPSA) is 102 Å². The van der Waals surface area contributed by atoms with Crippen molar-refractivity contribution in [3.63, 3.8) is 0 Å². The number of anilines is 1. The van der Waals surface area contributed by atoms with Crippen LogP contribution in [0.15, 0.2) is 42.5 Å². The van der Waals surface area contributed by atoms with Crippen LogP contribution in [0.1, 0.15) is 15.9 Å². The summed E-state index contributed by atoms with van der Waals surface area (Å²) < 4.78 is 5.21. The van der Waals surface area contributed by atoms with Gasteiger partial charge in [0.1, 0.15) is 5.75 Å². The largest absolute Gasteiger partial charge is 0.495 e. The van der Waals surface area contributed by atoms with Crippen LogP contribution in [0.3, 0.4) is 0 Å². The Hall–Kier alpha value is -3.42. The van der Waals surface area contributed by atoms with Crippen molar-refractivity contribution in [3.8, 4) is 5.75 Å². The third-order valence-electron chi connectivity index (χ3n) is 3.67. The molecule has 0 unspecified atom stereocenters. The Morgan fingerprint density at radius 2 is 1.88 bits per heavy atom. The molecule has 8 heteroatoms. The van der Waals surface area contributed by atoms with Crippen LogP contribution in [0.4, 0.5) is 11.4 Å². The molecule has 0 bridgehead atoms. The predicted molar refractivity (Wildman–Crippen MR) is 96.4 cm³/mol. The molecule has 0 aromatic heterocycles. The van der Waals surface area contributed by atoms with E-state index in [4.69, 9.17) is 4.74 Å². The van der Waals surface area contributed by atoms with Gasteiger partial charge in [-0.15, -0.1) is 0 Å². The molecule has 0 saturated carbocycles. The highest BCUT2D eigenvalue weighted by atomic mass is 16.6. The molecule has 1 N–H and O–H groups in total. The first-order chi connectivity index (χ1) is 12.3. The summed E-state index contributed by atoms with van der Waals surface area (Å²) in [6.45, 7) is 0. The Kier molecular flexibility index (Phi) is 5.90. The fraction of sp³-hybridized carbons (Fsp3) is 0.222. The van der Waals surface area contributed by atoms with Gasteiger partial charge >= 0.3 is 0 Å². The summed E-state index contributed by atoms with van der Waals surface area (Å²) in [4.78, 5) is 36.4. The Balaban J connectivity index is 2.24. The molecule has 2 aromatic carbocycles. The smallest absolute Gasteiger partial charge is 0.273 e. The highest BCUT2D eigenvalue weighted by molar-refractivity contribution is 5.98. The van der Waals surface area contributed by atoms with Crippen LogP contribution < -0.4 is 10.1 Å². The number of benzene rings is 2. The van der Waals surface area contributed by atoms with Gasteiger partial charge in [-0.05, 0) is 18.2 Å². The van der Waals surface area contributed by atoms with Crippen LogP contribution in [0.25, 0.3) is 0 Å². The lowest BCUT2D eigenvalue weighted by atomic mass is 10.1. The van der Waals surface area contributed by atoms with E-state index in [-0.39, 0.29) is 18.0 Å². The molecule has 2 aromatic rings. The molecule has 2 amide bonds. The molecule has 0 radical (unpaired) electrons. The maximum absolute atomic E-state index is 12.4. The number of ether oxygens (including phenoxy) is 1. The summed E-state index contributed by atoms with van der Waals surface area (Å²) in [5.41, 5.74) is 0.890. The van der Waals surface area contributed by atoms with Crippen molar-refractivity contribution in [2.24, 2.45) is 0 Å². The van der Waals surface area contributed by atoms with Crippen LogP contribution in [0.5, 0.6) is 5.75 Å². The zero-order valence-corrected chi connectivity index (χ0v) is 14.7. The van der Waals surface area contributed by atoms with Gasteiger partial charge < -0.3 is 15.0 Å². The first-order valence-corrected chi connectivity index (χ1v) is 7.75. The molecule has 0 heterocycles. The number of carbonyl (C=O) groups excluding carboxylic acids is 2. The van der Waals surface area contributed by atoms with E-state index in [9.17, 15) is 19.7 Å². The van der Waals surface area contributed by atoms with E-state index in [0.717, 1.165) is 0 Å². The number of hydrogen-bond donors (Lipinski definition) is 1. The molecular weight excluding hydrogens is 338 g/mol. The van der Waals surface area contributed by atoms with Gasteiger partial charge in [-0.1, -0.05) is 18.2 Å². The summed E-state index contributed by atoms with van der Waals surface area (Å²) in [5.74, 6) is -0.287. The third kappa shape index (κ3) is 4.35. The Bertz CT molecular complexity index is 848. The minimum Gasteiger partial charge on any atom is -0.495 e. The molecular formula is C18H19N3O5. The highest BCUT2D eigenvalue weighted by Crippen LogP contribution is 2.27. The number of rotatable bonds is 6. The summed E-state index contributed by atoms with van der Waals surface area (Å²) in [6, 6.07) is 10.7. The molecule has 0 fully saturated rings. The van der Waals surface area contributed by atoms with E-state index in [2.05, 4.69) is 5.32 Å². The SMILES string of the molecule is COc1ccc(C(=O)N(C)C)cc1NC(=O)Cc1ccccc1[N+](=O)[O-]. The van der Waals surface area contributed by atoms with Crippen molar-refractivity contribution in [1.29, 1.82) is 0 Å². The number of nitrogens with zero attached hydrogens (tertiary/aromatic N) is 2. The van der Waals surface area contributed by atoms with Gasteiger partial charge in [-0.2, -0.15) is 0 Å². The highest BCUT2D eigenvalue weighted by Gasteiger charge is 2.18. The Labute approximate surface area is 150 Å². The Morgan fingerprint density at radius 3 is 2.50 bits per heavy atom. The van der Waals surface area contributed by atoms with Crippen molar-refractivity contribution < 1.29 is 19.2 Å². The van der Waals surface area contributed by atoms with Gasteiger partial charge in [0.05, 0.1) is 24.1 Å². The number of amides is 2. The zero-order valence-electron chi connectivity index (χ0n) is 14.7. The quantitative estimate of drug-likeness (QED) is 0.632. The van der Waals surface area contributed by atoms with E-state index >= 15 is 0 Å². The second-order valence-electron chi connectivity index (χ2n) is 5.73. The van der Waals surface area contributed by atoms with Crippen LogP contribution in [0, 0.1) is 10.1 Å². The van der Waals surface area contributed by atoms with E-state index in [1.165, 1.54) is 30.2 Å². The number of carbonyl (C=O) groups is 2. The van der Waals surface area contributed by atoms with E-state index in [0.29, 0.717) is 22.6 Å². The maximum atomic E-state index is 12.4. The second-order valence-corrected chi connectivity index (χ2v) is 5.73. The molecule has 0 aliphatic heterocycles. The number of nitro groups is 1. The normalized spacial score (nSPS) is 10.1. The second kappa shape index (κ2) is 8.11. The fourth-order valence-electron chi connectivity index (χ4n) is 2.40. The summed E-state index contributed by atoms with van der Waals surface area (Å²) in [6.07, 6.45) is -0.174. The fourth-order valence-corrected chi connectivity index (χ4v) is 2.40. The summed E-state index contributed by atoms with van der Waals surface area (Å²) in [5, 5.41) is 13.7. The van der Waals surface area contributed by atoms with Crippen molar-refractivity contribution in [1.82, 2.24) is 4.90 Å². The maximum Gasteiger partial charge on any atom is 0.273 e. The van der Waals surface area contributed by atoms with Crippen LogP contribution in [0.2, 0.25) is 0 Å². The molecule has 0 aliphatic carbocycles. The number of nitro benzene ring substituents is 1. The monoisotopic (exact) mass is 357 g/mol. The summed E-state index contributed by atoms with van der Waals surface area (Å²) in [7, 11) is 4.69. The molecule has 0 aliphatic rings. The van der Waals surface area contributed by atoms with Crippen LogP contribution in [-0.2, 0) is 11.2 Å². The molecule has 136 valence electrons. The molecule has 2 rings (SSSR count). The van der Waals surface area contributed by atoms with Crippen LogP contribution in [-0.4, -0.2) is 42.8 Å². The first-order valence-electron chi connectivity index (χ1n) is 7.75. The van der Waals surface area contributed by atoms with E-state index < -0.39 is 10.8 Å². The number of hydrogen-bond acceptors (Lipinski definition) is 5. The minimum absolute atomic E-state index is 0.119.